The maximum Gasteiger partial charge on any atom is 0.340 e. The van der Waals surface area contributed by atoms with Crippen LogP contribution in [0.4, 0.5) is 0 Å². The molecule has 1 heterocycles. The van der Waals surface area contributed by atoms with Gasteiger partial charge in [-0.05, 0) is 48.0 Å². The third-order valence-electron chi connectivity index (χ3n) is 4.69. The van der Waals surface area contributed by atoms with Gasteiger partial charge in [0.2, 0.25) is 6.29 Å². The van der Waals surface area contributed by atoms with Crippen LogP contribution in [0, 0.1) is 0 Å². The van der Waals surface area contributed by atoms with E-state index >= 15 is 0 Å². The zero-order chi connectivity index (χ0) is 23.3. The van der Waals surface area contributed by atoms with E-state index in [1.807, 2.05) is 0 Å². The molecule has 0 bridgehead atoms. The number of benzene rings is 2. The minimum atomic E-state index is -1.74. The first kappa shape index (κ1) is 23.2. The number of rotatable bonds is 6. The second kappa shape index (κ2) is 10.2. The first-order valence-corrected chi connectivity index (χ1v) is 9.58. The first-order chi connectivity index (χ1) is 15.2. The third kappa shape index (κ3) is 5.83. The summed E-state index contributed by atoms with van der Waals surface area (Å²) in [6.45, 7) is -0.489. The van der Waals surface area contributed by atoms with Gasteiger partial charge < -0.3 is 39.7 Å². The summed E-state index contributed by atoms with van der Waals surface area (Å²) in [7, 11) is 0. The molecule has 5 N–H and O–H groups in total. The molecule has 1 aliphatic rings. The molecule has 32 heavy (non-hydrogen) atoms. The molecule has 5 atom stereocenters. The first-order valence-electron chi connectivity index (χ1n) is 9.58. The SMILES string of the molecule is O=C(C=Cc1ccc(O)cc1)OC[C@H]1O[C@@H](OC(=O)c2ccc(O)cc2)[C@H](O)[C@@H](O)[C@@H]1O. The van der Waals surface area contributed by atoms with Gasteiger partial charge in [-0.15, -0.1) is 0 Å². The van der Waals surface area contributed by atoms with Crippen LogP contribution in [-0.2, 0) is 19.0 Å². The number of aliphatic hydroxyl groups is 3. The molecule has 10 nitrogen and oxygen atoms in total. The van der Waals surface area contributed by atoms with Crippen molar-refractivity contribution in [2.45, 2.75) is 30.7 Å². The Balaban J connectivity index is 1.58. The van der Waals surface area contributed by atoms with Gasteiger partial charge in [-0.2, -0.15) is 0 Å². The number of hydrogen-bond acceptors (Lipinski definition) is 10. The Bertz CT molecular complexity index is 954. The number of carbonyl (C=O) groups excluding carboxylic acids is 2. The topological polar surface area (TPSA) is 163 Å². The number of ether oxygens (including phenoxy) is 3. The second-order valence-corrected chi connectivity index (χ2v) is 7.02. The van der Waals surface area contributed by atoms with Gasteiger partial charge in [-0.3, -0.25) is 0 Å². The van der Waals surface area contributed by atoms with Crippen molar-refractivity contribution < 1.29 is 49.3 Å². The smallest absolute Gasteiger partial charge is 0.340 e. The van der Waals surface area contributed by atoms with Gasteiger partial charge in [0.25, 0.3) is 0 Å². The van der Waals surface area contributed by atoms with Crippen LogP contribution in [-0.4, -0.2) is 74.8 Å². The largest absolute Gasteiger partial charge is 0.508 e. The highest BCUT2D eigenvalue weighted by molar-refractivity contribution is 5.89. The van der Waals surface area contributed by atoms with Crippen molar-refractivity contribution in [3.8, 4) is 11.5 Å². The summed E-state index contributed by atoms with van der Waals surface area (Å²) >= 11 is 0. The molecule has 0 spiro atoms. The summed E-state index contributed by atoms with van der Waals surface area (Å²) in [5, 5.41) is 48.8. The number of phenolic OH excluding ortho intramolecular Hbond substituents is 2. The Morgan fingerprint density at radius 1 is 0.875 bits per heavy atom. The zero-order valence-corrected chi connectivity index (χ0v) is 16.6. The van der Waals surface area contributed by atoms with Crippen LogP contribution in [0.15, 0.2) is 54.6 Å². The molecule has 2 aromatic rings. The van der Waals surface area contributed by atoms with Crippen molar-refractivity contribution in [1.82, 2.24) is 0 Å². The van der Waals surface area contributed by atoms with E-state index in [1.54, 1.807) is 12.1 Å². The van der Waals surface area contributed by atoms with Gasteiger partial charge in [0, 0.05) is 6.08 Å². The van der Waals surface area contributed by atoms with Gasteiger partial charge in [0.15, 0.2) is 0 Å². The lowest BCUT2D eigenvalue weighted by molar-refractivity contribution is -0.285. The summed E-state index contributed by atoms with van der Waals surface area (Å²) < 4.78 is 15.4. The molecule has 0 amide bonds. The zero-order valence-electron chi connectivity index (χ0n) is 16.6. The summed E-state index contributed by atoms with van der Waals surface area (Å²) in [5.41, 5.74) is 0.690. The van der Waals surface area contributed by atoms with E-state index in [0.717, 1.165) is 6.08 Å². The van der Waals surface area contributed by atoms with Crippen LogP contribution >= 0.6 is 0 Å². The number of aliphatic hydroxyl groups excluding tert-OH is 3. The van der Waals surface area contributed by atoms with Crippen molar-refractivity contribution in [3.05, 3.63) is 65.7 Å². The summed E-state index contributed by atoms with van der Waals surface area (Å²) in [4.78, 5) is 24.2. The number of hydrogen-bond donors (Lipinski definition) is 5. The van der Waals surface area contributed by atoms with Crippen LogP contribution in [0.1, 0.15) is 15.9 Å². The van der Waals surface area contributed by atoms with Crippen LogP contribution in [0.25, 0.3) is 6.08 Å². The highest BCUT2D eigenvalue weighted by Crippen LogP contribution is 2.24. The average molecular weight is 446 g/mol. The lowest BCUT2D eigenvalue weighted by Gasteiger charge is -2.39. The van der Waals surface area contributed by atoms with Crippen LogP contribution in [0.2, 0.25) is 0 Å². The third-order valence-corrected chi connectivity index (χ3v) is 4.69. The van der Waals surface area contributed by atoms with Gasteiger partial charge in [-0.25, -0.2) is 9.59 Å². The summed E-state index contributed by atoms with van der Waals surface area (Å²) in [6.07, 6.45) is -5.42. The molecule has 0 unspecified atom stereocenters. The average Bonchev–Trinajstić information content (AvgIpc) is 2.78. The van der Waals surface area contributed by atoms with Crippen molar-refractivity contribution in [1.29, 1.82) is 0 Å². The van der Waals surface area contributed by atoms with E-state index in [-0.39, 0.29) is 17.1 Å². The normalized spacial score (nSPS) is 25.4. The van der Waals surface area contributed by atoms with Gasteiger partial charge in [-0.1, -0.05) is 12.1 Å². The standard InChI is InChI=1S/C22H22O10/c23-14-6-1-12(2-7-14)3-10-17(25)30-11-16-18(26)19(27)20(28)22(31-16)32-21(29)13-4-8-15(24)9-5-13/h1-10,16,18-20,22-24,26-28H,11H2/t16-,18-,19+,20-,22+/m1/s1. The fraction of sp³-hybridized carbons (Fsp3) is 0.273. The Morgan fingerprint density at radius 2 is 1.47 bits per heavy atom. The molecule has 1 saturated heterocycles. The molecule has 2 aromatic carbocycles. The van der Waals surface area contributed by atoms with E-state index in [0.29, 0.717) is 5.56 Å². The maximum atomic E-state index is 12.2. The molecule has 3 rings (SSSR count). The lowest BCUT2D eigenvalue weighted by atomic mass is 9.99. The van der Waals surface area contributed by atoms with E-state index in [4.69, 9.17) is 14.2 Å². The predicted octanol–water partition coefficient (Wildman–Crippen LogP) is 0.319. The second-order valence-electron chi connectivity index (χ2n) is 7.02. The van der Waals surface area contributed by atoms with E-state index in [2.05, 4.69) is 0 Å². The molecule has 0 aromatic heterocycles. The summed E-state index contributed by atoms with van der Waals surface area (Å²) in [6, 6.07) is 11.2. The van der Waals surface area contributed by atoms with Gasteiger partial charge >= 0.3 is 11.9 Å². The highest BCUT2D eigenvalue weighted by Gasteiger charge is 2.46. The van der Waals surface area contributed by atoms with Crippen molar-refractivity contribution in [2.24, 2.45) is 0 Å². The molecular weight excluding hydrogens is 424 g/mol. The minimum absolute atomic E-state index is 0.0570. The molecular formula is C22H22O10. The van der Waals surface area contributed by atoms with E-state index in [9.17, 15) is 35.1 Å². The molecule has 10 heteroatoms. The Hall–Kier alpha value is -3.44. The molecule has 170 valence electrons. The monoisotopic (exact) mass is 446 g/mol. The Kier molecular flexibility index (Phi) is 7.44. The van der Waals surface area contributed by atoms with Crippen LogP contribution in [0.3, 0.4) is 0 Å². The van der Waals surface area contributed by atoms with Gasteiger partial charge in [0.05, 0.1) is 5.56 Å². The Labute approximate surface area is 182 Å². The molecule has 0 aliphatic carbocycles. The molecule has 0 radical (unpaired) electrons. The number of carbonyl (C=O) groups is 2. The fourth-order valence-electron chi connectivity index (χ4n) is 2.88. The summed E-state index contributed by atoms with van der Waals surface area (Å²) in [5.74, 6) is -1.65. The van der Waals surface area contributed by atoms with E-state index < -0.39 is 49.3 Å². The quantitative estimate of drug-likeness (QED) is 0.308. The Morgan fingerprint density at radius 3 is 2.09 bits per heavy atom. The number of phenols is 2. The molecule has 0 saturated carbocycles. The fourth-order valence-corrected chi connectivity index (χ4v) is 2.88. The number of aromatic hydroxyl groups is 2. The van der Waals surface area contributed by atoms with Gasteiger partial charge in [0.1, 0.15) is 42.5 Å². The minimum Gasteiger partial charge on any atom is -0.508 e. The van der Waals surface area contributed by atoms with Crippen molar-refractivity contribution >= 4 is 18.0 Å². The maximum absolute atomic E-state index is 12.2. The van der Waals surface area contributed by atoms with Crippen LogP contribution in [0.5, 0.6) is 11.5 Å². The van der Waals surface area contributed by atoms with E-state index in [1.165, 1.54) is 42.5 Å². The molecule has 1 aliphatic heterocycles. The predicted molar refractivity (Wildman–Crippen MR) is 108 cm³/mol. The molecule has 1 fully saturated rings. The van der Waals surface area contributed by atoms with Crippen molar-refractivity contribution in [2.75, 3.05) is 6.61 Å². The van der Waals surface area contributed by atoms with Crippen LogP contribution < -0.4 is 0 Å². The highest BCUT2D eigenvalue weighted by atomic mass is 16.7. The lowest BCUT2D eigenvalue weighted by Crippen LogP contribution is -2.59. The van der Waals surface area contributed by atoms with Crippen molar-refractivity contribution in [3.63, 3.8) is 0 Å². The number of esters is 2.